The minimum absolute atomic E-state index is 0.0200. The third kappa shape index (κ3) is 4.33. The van der Waals surface area contributed by atoms with Gasteiger partial charge in [0.1, 0.15) is 5.54 Å². The van der Waals surface area contributed by atoms with Gasteiger partial charge in [-0.25, -0.2) is 9.78 Å². The summed E-state index contributed by atoms with van der Waals surface area (Å²) in [5, 5.41) is 5.19. The number of nitrogens with zero attached hydrogens (tertiary/aromatic N) is 4. The molecule has 4 aliphatic heterocycles. The second-order valence-corrected chi connectivity index (χ2v) is 12.5. The third-order valence-corrected chi connectivity index (χ3v) is 10.3. The number of nitrogens with one attached hydrogen (secondary N) is 2. The first-order chi connectivity index (χ1) is 19.0. The minimum Gasteiger partial charge on any atom is -0.352 e. The Labute approximate surface area is 229 Å². The quantitative estimate of drug-likeness (QED) is 0.583. The van der Waals surface area contributed by atoms with E-state index < -0.39 is 11.6 Å². The van der Waals surface area contributed by atoms with Gasteiger partial charge in [0.05, 0.1) is 11.0 Å². The SMILES string of the molecule is O=C1NC(=O)C2(CCN(c3nc4ccccc4n(C4CC5CCC(C4)N5C4CCCCCCC4)c3=O)CC2)N1. The Kier molecular flexibility index (Phi) is 6.37. The number of hydrogen-bond acceptors (Lipinski definition) is 6. The lowest BCUT2D eigenvalue weighted by molar-refractivity contribution is -0.124. The molecule has 39 heavy (non-hydrogen) atoms. The van der Waals surface area contributed by atoms with Crippen LogP contribution in [0, 0.1) is 0 Å². The fourth-order valence-corrected chi connectivity index (χ4v) is 8.41. The van der Waals surface area contributed by atoms with Crippen LogP contribution in [0.1, 0.15) is 89.5 Å². The molecule has 2 atom stereocenters. The summed E-state index contributed by atoms with van der Waals surface area (Å²) in [4.78, 5) is 48.2. The number of para-hydroxylation sites is 2. The summed E-state index contributed by atoms with van der Waals surface area (Å²) in [6, 6.07) is 9.59. The highest BCUT2D eigenvalue weighted by Crippen LogP contribution is 2.44. The summed E-state index contributed by atoms with van der Waals surface area (Å²) in [5.74, 6) is 0.214. The number of fused-ring (bicyclic) bond motifs is 3. The zero-order valence-corrected chi connectivity index (χ0v) is 22.7. The Hall–Kier alpha value is -2.94. The molecule has 5 heterocycles. The van der Waals surface area contributed by atoms with E-state index in [0.717, 1.165) is 23.9 Å². The highest BCUT2D eigenvalue weighted by atomic mass is 16.2. The summed E-state index contributed by atoms with van der Waals surface area (Å²) in [7, 11) is 0. The molecule has 2 unspecified atom stereocenters. The van der Waals surface area contributed by atoms with Crippen LogP contribution in [0.2, 0.25) is 0 Å². The molecule has 1 aromatic carbocycles. The van der Waals surface area contributed by atoms with Crippen molar-refractivity contribution in [2.45, 2.75) is 113 Å². The van der Waals surface area contributed by atoms with E-state index in [1.165, 1.54) is 57.8 Å². The molecule has 3 amide bonds. The predicted octanol–water partition coefficient (Wildman–Crippen LogP) is 3.86. The lowest BCUT2D eigenvalue weighted by Gasteiger charge is -2.45. The van der Waals surface area contributed by atoms with Gasteiger partial charge in [0.2, 0.25) is 0 Å². The number of anilines is 1. The minimum atomic E-state index is -0.869. The van der Waals surface area contributed by atoms with E-state index in [-0.39, 0.29) is 17.5 Å². The average Bonchev–Trinajstić information content (AvgIpc) is 3.33. The van der Waals surface area contributed by atoms with Crippen molar-refractivity contribution in [2.24, 2.45) is 0 Å². The molecule has 5 fully saturated rings. The van der Waals surface area contributed by atoms with E-state index >= 15 is 0 Å². The maximum absolute atomic E-state index is 14.2. The number of imide groups is 1. The molecule has 1 saturated carbocycles. The van der Waals surface area contributed by atoms with E-state index in [1.807, 2.05) is 29.2 Å². The van der Waals surface area contributed by atoms with Crippen molar-refractivity contribution < 1.29 is 9.59 Å². The van der Waals surface area contributed by atoms with Gasteiger partial charge >= 0.3 is 6.03 Å². The summed E-state index contributed by atoms with van der Waals surface area (Å²) >= 11 is 0. The topological polar surface area (TPSA) is 99.6 Å². The maximum Gasteiger partial charge on any atom is 0.322 e. The first kappa shape index (κ1) is 25.1. The van der Waals surface area contributed by atoms with Crippen molar-refractivity contribution >= 4 is 28.8 Å². The lowest BCUT2D eigenvalue weighted by atomic mass is 9.87. The van der Waals surface area contributed by atoms with Crippen LogP contribution in [0.3, 0.4) is 0 Å². The van der Waals surface area contributed by atoms with E-state index in [0.29, 0.717) is 49.9 Å². The summed E-state index contributed by atoms with van der Waals surface area (Å²) in [5.41, 5.74) is 0.875. The predicted molar refractivity (Wildman–Crippen MR) is 150 cm³/mol. The molecule has 2 N–H and O–H groups in total. The smallest absolute Gasteiger partial charge is 0.322 e. The Bertz CT molecular complexity index is 1310. The molecule has 9 nitrogen and oxygen atoms in total. The van der Waals surface area contributed by atoms with Gasteiger partial charge in [-0.05, 0) is 63.5 Å². The van der Waals surface area contributed by atoms with E-state index in [2.05, 4.69) is 20.1 Å². The van der Waals surface area contributed by atoms with Gasteiger partial charge in [0, 0.05) is 37.3 Å². The number of piperidine rings is 2. The molecule has 208 valence electrons. The zero-order chi connectivity index (χ0) is 26.6. The summed E-state index contributed by atoms with van der Waals surface area (Å²) in [6.45, 7) is 0.999. The van der Waals surface area contributed by atoms with E-state index in [1.54, 1.807) is 0 Å². The van der Waals surface area contributed by atoms with Gasteiger partial charge in [-0.3, -0.25) is 19.8 Å². The van der Waals surface area contributed by atoms with Crippen molar-refractivity contribution in [3.8, 4) is 0 Å². The van der Waals surface area contributed by atoms with Gasteiger partial charge in [-0.2, -0.15) is 0 Å². The molecule has 1 aliphatic carbocycles. The zero-order valence-electron chi connectivity index (χ0n) is 22.7. The molecular formula is C30H40N6O3. The number of rotatable bonds is 3. The number of carbonyl (C=O) groups excluding carboxylic acids is 2. The summed E-state index contributed by atoms with van der Waals surface area (Å²) in [6.07, 6.45) is 14.9. The maximum atomic E-state index is 14.2. The standard InChI is InChI=1S/C30H40N6O3/c37-27-26(34-16-14-30(15-17-34)28(38)32-29(39)33-30)31-24-10-6-7-11-25(24)36(27)23-18-21-12-13-22(19-23)35(21)20-8-4-2-1-3-5-9-20/h6-7,10-11,20-23H,1-5,8-9,12-19H2,(H2,32,33,38,39). The van der Waals surface area contributed by atoms with Crippen LogP contribution in [0.4, 0.5) is 10.6 Å². The monoisotopic (exact) mass is 532 g/mol. The largest absolute Gasteiger partial charge is 0.352 e. The van der Waals surface area contributed by atoms with Crippen molar-refractivity contribution in [2.75, 3.05) is 18.0 Å². The molecule has 5 aliphatic rings. The molecule has 4 saturated heterocycles. The Balaban J connectivity index is 1.17. The van der Waals surface area contributed by atoms with Crippen LogP contribution in [0.25, 0.3) is 11.0 Å². The molecule has 9 heteroatoms. The van der Waals surface area contributed by atoms with Gasteiger partial charge in [-0.15, -0.1) is 0 Å². The van der Waals surface area contributed by atoms with Crippen LogP contribution in [0.15, 0.2) is 29.1 Å². The lowest BCUT2D eigenvalue weighted by Crippen LogP contribution is -2.56. The van der Waals surface area contributed by atoms with E-state index in [9.17, 15) is 14.4 Å². The second kappa shape index (κ2) is 9.91. The van der Waals surface area contributed by atoms with Crippen molar-refractivity contribution in [1.29, 1.82) is 0 Å². The van der Waals surface area contributed by atoms with Crippen LogP contribution >= 0.6 is 0 Å². The number of amides is 3. The van der Waals surface area contributed by atoms with Crippen molar-refractivity contribution in [3.63, 3.8) is 0 Å². The highest BCUT2D eigenvalue weighted by Gasteiger charge is 2.49. The molecule has 1 aromatic heterocycles. The van der Waals surface area contributed by atoms with Gasteiger partial charge in [0.25, 0.3) is 11.5 Å². The Morgan fingerprint density at radius 1 is 0.795 bits per heavy atom. The van der Waals surface area contributed by atoms with Gasteiger partial charge < -0.3 is 14.8 Å². The van der Waals surface area contributed by atoms with Crippen molar-refractivity contribution in [3.05, 3.63) is 34.6 Å². The summed E-state index contributed by atoms with van der Waals surface area (Å²) < 4.78 is 2.06. The van der Waals surface area contributed by atoms with Crippen molar-refractivity contribution in [1.82, 2.24) is 25.1 Å². The first-order valence-corrected chi connectivity index (χ1v) is 15.2. The van der Waals surface area contributed by atoms with E-state index in [4.69, 9.17) is 4.98 Å². The number of hydrogen-bond donors (Lipinski definition) is 2. The van der Waals surface area contributed by atoms with Crippen LogP contribution in [0.5, 0.6) is 0 Å². The van der Waals surface area contributed by atoms with Crippen LogP contribution in [-0.4, -0.2) is 63.1 Å². The average molecular weight is 533 g/mol. The highest BCUT2D eigenvalue weighted by molar-refractivity contribution is 6.07. The molecule has 2 bridgehead atoms. The number of urea groups is 1. The normalized spacial score (nSPS) is 29.8. The number of aromatic nitrogens is 2. The fraction of sp³-hybridized carbons (Fsp3) is 0.667. The molecule has 7 rings (SSSR count). The Morgan fingerprint density at radius 3 is 2.13 bits per heavy atom. The third-order valence-electron chi connectivity index (χ3n) is 10.3. The molecular weight excluding hydrogens is 492 g/mol. The Morgan fingerprint density at radius 2 is 1.46 bits per heavy atom. The van der Waals surface area contributed by atoms with Crippen LogP contribution in [-0.2, 0) is 4.79 Å². The molecule has 0 radical (unpaired) electrons. The molecule has 2 aromatic rings. The van der Waals surface area contributed by atoms with Crippen LogP contribution < -0.4 is 21.1 Å². The van der Waals surface area contributed by atoms with Gasteiger partial charge in [-0.1, -0.05) is 44.2 Å². The number of benzene rings is 1. The van der Waals surface area contributed by atoms with Gasteiger partial charge in [0.15, 0.2) is 5.82 Å². The first-order valence-electron chi connectivity index (χ1n) is 15.2. The fourth-order valence-electron chi connectivity index (χ4n) is 8.41. The second-order valence-electron chi connectivity index (χ2n) is 12.5. The number of carbonyl (C=O) groups is 2. The molecule has 1 spiro atoms.